The number of carbonyl (C=O) groups is 2. The second-order valence-electron chi connectivity index (χ2n) is 4.76. The lowest BCUT2D eigenvalue weighted by Crippen LogP contribution is -2.20. The number of ketones is 1. The number of ether oxygens (including phenoxy) is 2. The Labute approximate surface area is 112 Å². The summed E-state index contributed by atoms with van der Waals surface area (Å²) >= 11 is 0. The third-order valence-corrected chi connectivity index (χ3v) is 2.86. The fraction of sp³-hybridized carbons (Fsp3) is 0.333. The monoisotopic (exact) mass is 260 g/mol. The summed E-state index contributed by atoms with van der Waals surface area (Å²) in [6, 6.07) is 4.73. The number of allylic oxidation sites excluding steroid dienone is 1. The normalized spacial score (nSPS) is 16.2. The van der Waals surface area contributed by atoms with E-state index < -0.39 is 5.97 Å². The zero-order valence-electron chi connectivity index (χ0n) is 11.2. The molecular formula is C15H16O4. The van der Waals surface area contributed by atoms with Gasteiger partial charge in [-0.15, -0.1) is 0 Å². The molecule has 0 aromatic heterocycles. The molecular weight excluding hydrogens is 244 g/mol. The summed E-state index contributed by atoms with van der Waals surface area (Å²) < 4.78 is 10.2. The average molecular weight is 260 g/mol. The molecule has 0 spiro atoms. The molecule has 100 valence electrons. The molecule has 0 radical (unpaired) electrons. The number of Topliss-reactive ketones (excluding diaryl/α,β-unsaturated/α-hetero) is 1. The Bertz CT molecular complexity index is 555. The third-order valence-electron chi connectivity index (χ3n) is 2.86. The highest BCUT2D eigenvalue weighted by atomic mass is 16.5. The van der Waals surface area contributed by atoms with E-state index in [4.69, 9.17) is 4.74 Å². The Kier molecular flexibility index (Phi) is 3.69. The summed E-state index contributed by atoms with van der Waals surface area (Å²) in [6.07, 6.45) is 1.90. The molecule has 19 heavy (non-hydrogen) atoms. The van der Waals surface area contributed by atoms with Crippen molar-refractivity contribution >= 4 is 11.8 Å². The number of benzene rings is 1. The highest BCUT2D eigenvalue weighted by Gasteiger charge is 2.24. The SMILES string of the molecule is COC(=O)c1ccc2c(c1)OCC(=CC(C)C)C2=O. The number of hydrogen-bond donors (Lipinski definition) is 0. The molecule has 0 unspecified atom stereocenters. The molecule has 1 aliphatic heterocycles. The van der Waals surface area contributed by atoms with Gasteiger partial charge in [-0.3, -0.25) is 4.79 Å². The zero-order chi connectivity index (χ0) is 14.0. The quantitative estimate of drug-likeness (QED) is 0.606. The predicted molar refractivity (Wildman–Crippen MR) is 70.5 cm³/mol. The molecule has 0 aliphatic carbocycles. The lowest BCUT2D eigenvalue weighted by Gasteiger charge is -2.19. The lowest BCUT2D eigenvalue weighted by atomic mass is 9.96. The van der Waals surface area contributed by atoms with Crippen LogP contribution in [0.5, 0.6) is 5.75 Å². The van der Waals surface area contributed by atoms with Gasteiger partial charge in [0, 0.05) is 5.57 Å². The molecule has 1 aliphatic rings. The van der Waals surface area contributed by atoms with Crippen molar-refractivity contribution in [3.05, 3.63) is 41.0 Å². The smallest absolute Gasteiger partial charge is 0.337 e. The van der Waals surface area contributed by atoms with Crippen molar-refractivity contribution in [1.29, 1.82) is 0 Å². The molecule has 1 heterocycles. The minimum absolute atomic E-state index is 0.0358. The van der Waals surface area contributed by atoms with Crippen LogP contribution in [-0.2, 0) is 4.74 Å². The summed E-state index contributed by atoms with van der Waals surface area (Å²) in [5.41, 5.74) is 1.53. The van der Waals surface area contributed by atoms with Gasteiger partial charge in [0.2, 0.25) is 0 Å². The predicted octanol–water partition coefficient (Wildman–Crippen LogP) is 2.63. The number of hydrogen-bond acceptors (Lipinski definition) is 4. The number of esters is 1. The van der Waals surface area contributed by atoms with Gasteiger partial charge in [-0.2, -0.15) is 0 Å². The van der Waals surface area contributed by atoms with Gasteiger partial charge in [-0.1, -0.05) is 19.9 Å². The van der Waals surface area contributed by atoms with Gasteiger partial charge in [-0.25, -0.2) is 4.79 Å². The Morgan fingerprint density at radius 1 is 1.42 bits per heavy atom. The summed E-state index contributed by atoms with van der Waals surface area (Å²) in [4.78, 5) is 23.7. The molecule has 0 saturated carbocycles. The van der Waals surface area contributed by atoms with E-state index in [0.717, 1.165) is 0 Å². The summed E-state index contributed by atoms with van der Waals surface area (Å²) in [7, 11) is 1.32. The summed E-state index contributed by atoms with van der Waals surface area (Å²) in [5.74, 6) is 0.251. The van der Waals surface area contributed by atoms with Crippen molar-refractivity contribution in [2.75, 3.05) is 13.7 Å². The fourth-order valence-electron chi connectivity index (χ4n) is 1.99. The van der Waals surface area contributed by atoms with Gasteiger partial charge in [-0.05, 0) is 24.1 Å². The van der Waals surface area contributed by atoms with Crippen molar-refractivity contribution in [2.24, 2.45) is 5.92 Å². The van der Waals surface area contributed by atoms with E-state index in [-0.39, 0.29) is 12.4 Å². The standard InChI is InChI=1S/C15H16O4/c1-9(2)6-11-8-19-13-7-10(15(17)18-3)4-5-12(13)14(11)16/h4-7,9H,8H2,1-3H3. The first kappa shape index (κ1) is 13.3. The first-order chi connectivity index (χ1) is 9.02. The molecule has 0 fully saturated rings. The van der Waals surface area contributed by atoms with Crippen molar-refractivity contribution in [1.82, 2.24) is 0 Å². The molecule has 1 aromatic rings. The molecule has 0 atom stereocenters. The van der Waals surface area contributed by atoms with Crippen LogP contribution >= 0.6 is 0 Å². The van der Waals surface area contributed by atoms with Gasteiger partial charge in [0.15, 0.2) is 5.78 Å². The van der Waals surface area contributed by atoms with Crippen LogP contribution in [0.2, 0.25) is 0 Å². The van der Waals surface area contributed by atoms with Crippen LogP contribution in [0.25, 0.3) is 0 Å². The third kappa shape index (κ3) is 2.67. The highest BCUT2D eigenvalue weighted by molar-refractivity contribution is 6.12. The van der Waals surface area contributed by atoms with Gasteiger partial charge in [0.25, 0.3) is 0 Å². The number of methoxy groups -OCH3 is 1. The van der Waals surface area contributed by atoms with Crippen LogP contribution in [0.1, 0.15) is 34.6 Å². The maximum Gasteiger partial charge on any atom is 0.337 e. The van der Waals surface area contributed by atoms with Crippen LogP contribution in [0.15, 0.2) is 29.8 Å². The second kappa shape index (κ2) is 5.26. The Morgan fingerprint density at radius 2 is 2.16 bits per heavy atom. The second-order valence-corrected chi connectivity index (χ2v) is 4.76. The lowest BCUT2D eigenvalue weighted by molar-refractivity contribution is 0.0599. The highest BCUT2D eigenvalue weighted by Crippen LogP contribution is 2.28. The van der Waals surface area contributed by atoms with Crippen molar-refractivity contribution in [2.45, 2.75) is 13.8 Å². The van der Waals surface area contributed by atoms with Gasteiger partial charge < -0.3 is 9.47 Å². The van der Waals surface area contributed by atoms with Gasteiger partial charge in [0.05, 0.1) is 18.2 Å². The maximum absolute atomic E-state index is 12.2. The average Bonchev–Trinajstić information content (AvgIpc) is 2.40. The van der Waals surface area contributed by atoms with E-state index in [9.17, 15) is 9.59 Å². The van der Waals surface area contributed by atoms with E-state index in [1.165, 1.54) is 7.11 Å². The number of rotatable bonds is 2. The molecule has 2 rings (SSSR count). The zero-order valence-corrected chi connectivity index (χ0v) is 11.2. The molecule has 4 nitrogen and oxygen atoms in total. The van der Waals surface area contributed by atoms with E-state index >= 15 is 0 Å². The fourth-order valence-corrected chi connectivity index (χ4v) is 1.99. The molecule has 0 saturated heterocycles. The van der Waals surface area contributed by atoms with Crippen LogP contribution in [0.3, 0.4) is 0 Å². The Balaban J connectivity index is 2.36. The topological polar surface area (TPSA) is 52.6 Å². The molecule has 0 bridgehead atoms. The van der Waals surface area contributed by atoms with Gasteiger partial charge >= 0.3 is 5.97 Å². The van der Waals surface area contributed by atoms with Crippen molar-refractivity contribution in [3.63, 3.8) is 0 Å². The van der Waals surface area contributed by atoms with Crippen LogP contribution in [0.4, 0.5) is 0 Å². The first-order valence-corrected chi connectivity index (χ1v) is 6.13. The van der Waals surface area contributed by atoms with Crippen LogP contribution in [0, 0.1) is 5.92 Å². The van der Waals surface area contributed by atoms with Crippen LogP contribution < -0.4 is 4.74 Å². The van der Waals surface area contributed by atoms with Crippen molar-refractivity contribution in [3.8, 4) is 5.75 Å². The first-order valence-electron chi connectivity index (χ1n) is 6.13. The molecule has 4 heteroatoms. The van der Waals surface area contributed by atoms with Crippen molar-refractivity contribution < 1.29 is 19.1 Å². The largest absolute Gasteiger partial charge is 0.488 e. The summed E-state index contributed by atoms with van der Waals surface area (Å²) in [5, 5.41) is 0. The van der Waals surface area contributed by atoms with E-state index in [1.54, 1.807) is 18.2 Å². The van der Waals surface area contributed by atoms with Crippen LogP contribution in [-0.4, -0.2) is 25.5 Å². The van der Waals surface area contributed by atoms with Gasteiger partial charge in [0.1, 0.15) is 12.4 Å². The maximum atomic E-state index is 12.2. The molecule has 1 aromatic carbocycles. The Morgan fingerprint density at radius 3 is 2.79 bits per heavy atom. The number of fused-ring (bicyclic) bond motifs is 1. The summed E-state index contributed by atoms with van der Waals surface area (Å²) in [6.45, 7) is 4.26. The molecule has 0 N–H and O–H groups in total. The minimum atomic E-state index is -0.442. The minimum Gasteiger partial charge on any atom is -0.488 e. The van der Waals surface area contributed by atoms with E-state index in [1.807, 2.05) is 19.9 Å². The van der Waals surface area contributed by atoms with E-state index in [2.05, 4.69) is 4.74 Å². The Hall–Kier alpha value is -2.10. The molecule has 0 amide bonds. The van der Waals surface area contributed by atoms with E-state index in [0.29, 0.717) is 28.4 Å². The number of carbonyl (C=O) groups excluding carboxylic acids is 2.